The first-order valence-corrected chi connectivity index (χ1v) is 6.29. The van der Waals surface area contributed by atoms with Crippen LogP contribution in [-0.4, -0.2) is 0 Å². The van der Waals surface area contributed by atoms with Gasteiger partial charge in [-0.15, -0.1) is 23.7 Å². The number of hydrogen-bond donors (Lipinski definition) is 1. The van der Waals surface area contributed by atoms with Gasteiger partial charge < -0.3 is 5.73 Å². The SMILES string of the molecule is CCc1ccc([C@H](N)CCC(C)C)s1.Cl. The Kier molecular flexibility index (Phi) is 7.24. The van der Waals surface area contributed by atoms with Crippen LogP contribution in [-0.2, 0) is 6.42 Å². The monoisotopic (exact) mass is 247 g/mol. The predicted octanol–water partition coefficient (Wildman–Crippen LogP) is 4.17. The molecule has 0 amide bonds. The van der Waals surface area contributed by atoms with Crippen LogP contribution >= 0.6 is 23.7 Å². The standard InChI is InChI=1S/C12H21NS.ClH/c1-4-10-6-8-12(14-10)11(13)7-5-9(2)3;/h6,8-9,11H,4-5,7,13H2,1-3H3;1H/t11-;/m1./s1. The zero-order chi connectivity index (χ0) is 10.6. The Balaban J connectivity index is 0.00000196. The maximum atomic E-state index is 6.12. The summed E-state index contributed by atoms with van der Waals surface area (Å²) in [6, 6.07) is 4.65. The fraction of sp³-hybridized carbons (Fsp3) is 0.667. The Morgan fingerprint density at radius 3 is 2.40 bits per heavy atom. The molecule has 0 saturated carbocycles. The second kappa shape index (κ2) is 7.26. The number of rotatable bonds is 5. The van der Waals surface area contributed by atoms with Crippen molar-refractivity contribution in [3.8, 4) is 0 Å². The van der Waals surface area contributed by atoms with Crippen LogP contribution in [0.4, 0.5) is 0 Å². The maximum absolute atomic E-state index is 6.12. The third-order valence-corrected chi connectivity index (χ3v) is 3.81. The Bertz CT molecular complexity index is 270. The lowest BCUT2D eigenvalue weighted by molar-refractivity contribution is 0.510. The fourth-order valence-corrected chi connectivity index (χ4v) is 2.43. The molecule has 0 radical (unpaired) electrons. The van der Waals surface area contributed by atoms with Crippen LogP contribution in [0.3, 0.4) is 0 Å². The number of nitrogens with two attached hydrogens (primary N) is 1. The summed E-state index contributed by atoms with van der Waals surface area (Å²) in [7, 11) is 0. The van der Waals surface area contributed by atoms with Gasteiger partial charge in [0, 0.05) is 15.8 Å². The van der Waals surface area contributed by atoms with Gasteiger partial charge in [-0.25, -0.2) is 0 Å². The minimum Gasteiger partial charge on any atom is -0.323 e. The van der Waals surface area contributed by atoms with Crippen molar-refractivity contribution in [2.75, 3.05) is 0 Å². The minimum atomic E-state index is 0. The molecular weight excluding hydrogens is 226 g/mol. The average Bonchev–Trinajstić information content (AvgIpc) is 2.62. The highest BCUT2D eigenvalue weighted by Gasteiger charge is 2.09. The van der Waals surface area contributed by atoms with E-state index in [1.165, 1.54) is 16.2 Å². The van der Waals surface area contributed by atoms with E-state index < -0.39 is 0 Å². The second-order valence-corrected chi connectivity index (χ2v) is 5.44. The Morgan fingerprint density at radius 1 is 1.27 bits per heavy atom. The van der Waals surface area contributed by atoms with Gasteiger partial charge in [0.15, 0.2) is 0 Å². The number of thiophene rings is 1. The third-order valence-electron chi connectivity index (χ3n) is 2.45. The van der Waals surface area contributed by atoms with Crippen LogP contribution in [0.25, 0.3) is 0 Å². The molecule has 0 fully saturated rings. The summed E-state index contributed by atoms with van der Waals surface area (Å²) < 4.78 is 0. The zero-order valence-electron chi connectivity index (χ0n) is 9.82. The summed E-state index contributed by atoms with van der Waals surface area (Å²) in [5.41, 5.74) is 6.12. The predicted molar refractivity (Wildman–Crippen MR) is 71.9 cm³/mol. The molecule has 0 spiro atoms. The minimum absolute atomic E-state index is 0. The molecule has 88 valence electrons. The van der Waals surface area contributed by atoms with E-state index >= 15 is 0 Å². The lowest BCUT2D eigenvalue weighted by Crippen LogP contribution is -2.09. The molecule has 15 heavy (non-hydrogen) atoms. The fourth-order valence-electron chi connectivity index (χ4n) is 1.44. The summed E-state index contributed by atoms with van der Waals surface area (Å²) in [6.45, 7) is 6.69. The summed E-state index contributed by atoms with van der Waals surface area (Å²) in [6.07, 6.45) is 3.46. The van der Waals surface area contributed by atoms with E-state index in [2.05, 4.69) is 32.9 Å². The summed E-state index contributed by atoms with van der Waals surface area (Å²) in [5.74, 6) is 0.756. The van der Waals surface area contributed by atoms with Crippen LogP contribution in [0.1, 0.15) is 49.4 Å². The van der Waals surface area contributed by atoms with Gasteiger partial charge in [-0.05, 0) is 37.3 Å². The first-order valence-electron chi connectivity index (χ1n) is 5.47. The topological polar surface area (TPSA) is 26.0 Å². The first kappa shape index (κ1) is 14.9. The molecule has 0 aromatic carbocycles. The van der Waals surface area contributed by atoms with Gasteiger partial charge >= 0.3 is 0 Å². The quantitative estimate of drug-likeness (QED) is 0.831. The molecular formula is C12H22ClNS. The van der Waals surface area contributed by atoms with Crippen molar-refractivity contribution >= 4 is 23.7 Å². The van der Waals surface area contributed by atoms with Crippen molar-refractivity contribution in [3.05, 3.63) is 21.9 Å². The van der Waals surface area contributed by atoms with Crippen molar-refractivity contribution in [1.29, 1.82) is 0 Å². The van der Waals surface area contributed by atoms with E-state index in [0.29, 0.717) is 0 Å². The normalized spacial score (nSPS) is 12.6. The largest absolute Gasteiger partial charge is 0.323 e. The van der Waals surface area contributed by atoms with Crippen LogP contribution in [0.5, 0.6) is 0 Å². The van der Waals surface area contributed by atoms with Crippen molar-refractivity contribution < 1.29 is 0 Å². The van der Waals surface area contributed by atoms with Gasteiger partial charge in [0.25, 0.3) is 0 Å². The molecule has 1 aromatic heterocycles. The highest BCUT2D eigenvalue weighted by Crippen LogP contribution is 2.26. The summed E-state index contributed by atoms with van der Waals surface area (Å²) in [5, 5.41) is 0. The maximum Gasteiger partial charge on any atom is 0.0389 e. The molecule has 0 bridgehead atoms. The van der Waals surface area contributed by atoms with E-state index in [0.717, 1.165) is 18.8 Å². The van der Waals surface area contributed by atoms with Crippen LogP contribution in [0.2, 0.25) is 0 Å². The molecule has 2 N–H and O–H groups in total. The molecule has 0 aliphatic heterocycles. The average molecular weight is 248 g/mol. The number of hydrogen-bond acceptors (Lipinski definition) is 2. The number of aryl methyl sites for hydroxylation is 1. The lowest BCUT2D eigenvalue weighted by Gasteiger charge is -2.10. The molecule has 1 nitrogen and oxygen atoms in total. The molecule has 1 aromatic rings. The second-order valence-electron chi connectivity index (χ2n) is 4.24. The highest BCUT2D eigenvalue weighted by molar-refractivity contribution is 7.12. The molecule has 0 aliphatic rings. The Morgan fingerprint density at radius 2 is 1.93 bits per heavy atom. The van der Waals surface area contributed by atoms with E-state index in [4.69, 9.17) is 5.73 Å². The van der Waals surface area contributed by atoms with Crippen molar-refractivity contribution in [2.24, 2.45) is 11.7 Å². The van der Waals surface area contributed by atoms with Gasteiger partial charge in [0.2, 0.25) is 0 Å². The van der Waals surface area contributed by atoms with Crippen molar-refractivity contribution in [3.63, 3.8) is 0 Å². The van der Waals surface area contributed by atoms with E-state index in [1.807, 2.05) is 11.3 Å². The highest BCUT2D eigenvalue weighted by atomic mass is 35.5. The summed E-state index contributed by atoms with van der Waals surface area (Å²) in [4.78, 5) is 2.79. The smallest absolute Gasteiger partial charge is 0.0389 e. The van der Waals surface area contributed by atoms with Gasteiger partial charge in [0.05, 0.1) is 0 Å². The first-order chi connectivity index (χ1) is 6.63. The lowest BCUT2D eigenvalue weighted by atomic mass is 10.0. The van der Waals surface area contributed by atoms with Crippen molar-refractivity contribution in [1.82, 2.24) is 0 Å². The van der Waals surface area contributed by atoms with Crippen LogP contribution in [0, 0.1) is 5.92 Å². The van der Waals surface area contributed by atoms with E-state index in [9.17, 15) is 0 Å². The van der Waals surface area contributed by atoms with E-state index in [-0.39, 0.29) is 18.4 Å². The van der Waals surface area contributed by atoms with Gasteiger partial charge in [-0.3, -0.25) is 0 Å². The van der Waals surface area contributed by atoms with E-state index in [1.54, 1.807) is 0 Å². The zero-order valence-corrected chi connectivity index (χ0v) is 11.5. The van der Waals surface area contributed by atoms with Gasteiger partial charge in [-0.2, -0.15) is 0 Å². The Labute approximate surface area is 103 Å². The molecule has 3 heteroatoms. The molecule has 1 heterocycles. The molecule has 0 aliphatic carbocycles. The van der Waals surface area contributed by atoms with Crippen LogP contribution in [0.15, 0.2) is 12.1 Å². The molecule has 0 saturated heterocycles. The molecule has 0 unspecified atom stereocenters. The van der Waals surface area contributed by atoms with Crippen molar-refractivity contribution in [2.45, 2.75) is 46.1 Å². The molecule has 1 rings (SSSR count). The molecule has 1 atom stereocenters. The third kappa shape index (κ3) is 5.01. The number of halogens is 1. The summed E-state index contributed by atoms with van der Waals surface area (Å²) >= 11 is 1.87. The van der Waals surface area contributed by atoms with Gasteiger partial charge in [0.1, 0.15) is 0 Å². The van der Waals surface area contributed by atoms with Crippen LogP contribution < -0.4 is 5.73 Å². The Hall–Kier alpha value is -0.0500. The van der Waals surface area contributed by atoms with Gasteiger partial charge in [-0.1, -0.05) is 20.8 Å².